The van der Waals surface area contributed by atoms with Gasteiger partial charge in [0.15, 0.2) is 6.67 Å². The summed E-state index contributed by atoms with van der Waals surface area (Å²) in [6.45, 7) is 2.84. The minimum atomic E-state index is -3.60. The number of morpholine rings is 1. The average molecular weight is 462 g/mol. The Balaban J connectivity index is 1.53. The van der Waals surface area contributed by atoms with Crippen LogP contribution in [0, 0.1) is 4.84 Å². The van der Waals surface area contributed by atoms with Gasteiger partial charge in [0.2, 0.25) is 15.9 Å². The van der Waals surface area contributed by atoms with E-state index in [0.717, 1.165) is 6.54 Å². The number of nitrogens with one attached hydrogen (secondary N) is 1. The van der Waals surface area contributed by atoms with E-state index in [2.05, 4.69) is 24.3 Å². The van der Waals surface area contributed by atoms with Crippen molar-refractivity contribution in [3.63, 3.8) is 0 Å². The minimum absolute atomic E-state index is 0.203. The molecule has 0 amide bonds. The van der Waals surface area contributed by atoms with Gasteiger partial charge in [-0.1, -0.05) is 36.4 Å². The topological polar surface area (TPSA) is 82.0 Å². The summed E-state index contributed by atoms with van der Waals surface area (Å²) >= 11 is 5.34. The Morgan fingerprint density at radius 1 is 1.10 bits per heavy atom. The maximum Gasteiger partial charge on any atom is 0.292 e. The summed E-state index contributed by atoms with van der Waals surface area (Å²) in [5.74, 6) is 0.302. The van der Waals surface area contributed by atoms with Gasteiger partial charge in [-0.05, 0) is 30.4 Å². The molecule has 0 bridgehead atoms. The molecule has 31 heavy (non-hydrogen) atoms. The van der Waals surface area contributed by atoms with Crippen molar-refractivity contribution in [3.8, 4) is 11.5 Å². The van der Waals surface area contributed by atoms with Crippen molar-refractivity contribution in [2.24, 2.45) is 0 Å². The zero-order valence-electron chi connectivity index (χ0n) is 17.2. The maximum atomic E-state index is 13.0. The van der Waals surface area contributed by atoms with Gasteiger partial charge in [0, 0.05) is 24.2 Å². The van der Waals surface area contributed by atoms with Crippen molar-refractivity contribution in [1.82, 2.24) is 14.1 Å². The van der Waals surface area contributed by atoms with Gasteiger partial charge in [-0.15, -0.1) is 5.10 Å². The quantitative estimate of drug-likeness (QED) is 0.538. The molecule has 1 aromatic heterocycles. The van der Waals surface area contributed by atoms with Gasteiger partial charge >= 0.3 is 0 Å². The SMILES string of the molecule is C[NH+](Cc1ccccc1)Cn1nc(-c2cccc(S(=O)(=O)N3CCOCC3)c2)oc1=S. The fourth-order valence-electron chi connectivity index (χ4n) is 3.50. The Kier molecular flexibility index (Phi) is 6.63. The Hall–Kier alpha value is -2.37. The Morgan fingerprint density at radius 3 is 2.58 bits per heavy atom. The predicted octanol–water partition coefficient (Wildman–Crippen LogP) is 1.57. The van der Waals surface area contributed by atoms with Crippen LogP contribution in [0.25, 0.3) is 11.5 Å². The fraction of sp³-hybridized carbons (Fsp3) is 0.333. The highest BCUT2D eigenvalue weighted by atomic mass is 32.2. The molecule has 2 aromatic carbocycles. The molecule has 1 atom stereocenters. The third-order valence-electron chi connectivity index (χ3n) is 5.06. The van der Waals surface area contributed by atoms with E-state index in [9.17, 15) is 8.42 Å². The first-order chi connectivity index (χ1) is 14.9. The number of hydrogen-bond acceptors (Lipinski definition) is 6. The number of hydrogen-bond donors (Lipinski definition) is 1. The first-order valence-electron chi connectivity index (χ1n) is 10.0. The smallest absolute Gasteiger partial charge is 0.292 e. The molecule has 0 aliphatic carbocycles. The van der Waals surface area contributed by atoms with Gasteiger partial charge < -0.3 is 14.1 Å². The molecule has 0 spiro atoms. The van der Waals surface area contributed by atoms with E-state index in [1.807, 2.05) is 18.2 Å². The molecule has 1 saturated heterocycles. The summed E-state index contributed by atoms with van der Waals surface area (Å²) in [5, 5.41) is 4.49. The lowest BCUT2D eigenvalue weighted by atomic mass is 10.2. The molecule has 1 unspecified atom stereocenters. The number of aromatic nitrogens is 2. The van der Waals surface area contributed by atoms with Gasteiger partial charge in [0.05, 0.1) is 25.2 Å². The summed E-state index contributed by atoms with van der Waals surface area (Å²) in [4.78, 5) is 1.64. The Bertz CT molecular complexity index is 1190. The highest BCUT2D eigenvalue weighted by molar-refractivity contribution is 7.89. The Morgan fingerprint density at radius 2 is 1.84 bits per heavy atom. The van der Waals surface area contributed by atoms with Crippen molar-refractivity contribution in [1.29, 1.82) is 0 Å². The van der Waals surface area contributed by atoms with Crippen LogP contribution in [-0.4, -0.2) is 55.9 Å². The highest BCUT2D eigenvalue weighted by Crippen LogP contribution is 2.24. The summed E-state index contributed by atoms with van der Waals surface area (Å²) in [7, 11) is -1.55. The second-order valence-corrected chi connectivity index (χ2v) is 9.78. The van der Waals surface area contributed by atoms with Crippen molar-refractivity contribution >= 4 is 22.2 Å². The second kappa shape index (κ2) is 9.41. The zero-order valence-corrected chi connectivity index (χ0v) is 18.9. The molecule has 8 nitrogen and oxygen atoms in total. The molecule has 0 saturated carbocycles. The van der Waals surface area contributed by atoms with Crippen LogP contribution in [0.5, 0.6) is 0 Å². The lowest BCUT2D eigenvalue weighted by Gasteiger charge is -2.26. The van der Waals surface area contributed by atoms with E-state index >= 15 is 0 Å². The van der Waals surface area contributed by atoms with Crippen molar-refractivity contribution < 1.29 is 22.5 Å². The molecule has 4 rings (SSSR count). The summed E-state index contributed by atoms with van der Waals surface area (Å²) in [6.07, 6.45) is 0. The lowest BCUT2D eigenvalue weighted by Crippen LogP contribution is -3.07. The van der Waals surface area contributed by atoms with Crippen molar-refractivity contribution in [2.75, 3.05) is 33.4 Å². The van der Waals surface area contributed by atoms with E-state index in [-0.39, 0.29) is 9.73 Å². The molecule has 2 heterocycles. The first-order valence-corrected chi connectivity index (χ1v) is 11.9. The summed E-state index contributed by atoms with van der Waals surface area (Å²) in [5.41, 5.74) is 1.79. The van der Waals surface area contributed by atoms with Crippen LogP contribution < -0.4 is 4.90 Å². The van der Waals surface area contributed by atoms with Crippen LogP contribution in [-0.2, 0) is 28.0 Å². The first kappa shape index (κ1) is 21.8. The third-order valence-corrected chi connectivity index (χ3v) is 7.25. The number of quaternary nitrogens is 1. The van der Waals surface area contributed by atoms with Gasteiger partial charge in [-0.3, -0.25) is 0 Å². The molecule has 3 aromatic rings. The normalized spacial score (nSPS) is 16.3. The predicted molar refractivity (Wildman–Crippen MR) is 117 cm³/mol. The minimum Gasteiger partial charge on any atom is -0.409 e. The van der Waals surface area contributed by atoms with Crippen LogP contribution in [0.3, 0.4) is 0 Å². The van der Waals surface area contributed by atoms with Crippen LogP contribution in [0.15, 0.2) is 63.9 Å². The molecular formula is C21H25N4O4S2+. The van der Waals surface area contributed by atoms with Gasteiger partial charge in [-0.25, -0.2) is 8.42 Å². The number of ether oxygens (including phenoxy) is 1. The van der Waals surface area contributed by atoms with E-state index in [1.165, 1.54) is 14.8 Å². The number of sulfonamides is 1. The molecule has 1 N–H and O–H groups in total. The van der Waals surface area contributed by atoms with E-state index < -0.39 is 10.0 Å². The Labute approximate surface area is 186 Å². The highest BCUT2D eigenvalue weighted by Gasteiger charge is 2.27. The standard InChI is InChI=1S/C21H24N4O4S2/c1-23(15-17-6-3-2-4-7-17)16-25-21(30)29-20(22-25)18-8-5-9-19(14-18)31(26,27)24-10-12-28-13-11-24/h2-9,14H,10-13,15-16H2,1H3/p+1. The molecule has 164 valence electrons. The van der Waals surface area contributed by atoms with Crippen molar-refractivity contribution in [3.05, 3.63) is 65.0 Å². The molecule has 1 aliphatic heterocycles. The molecule has 0 radical (unpaired) electrons. The molecule has 10 heteroatoms. The van der Waals surface area contributed by atoms with E-state index in [0.29, 0.717) is 44.4 Å². The largest absolute Gasteiger partial charge is 0.409 e. The number of benzene rings is 2. The monoisotopic (exact) mass is 461 g/mol. The van der Waals surface area contributed by atoms with Crippen LogP contribution >= 0.6 is 12.2 Å². The van der Waals surface area contributed by atoms with Crippen LogP contribution in [0.1, 0.15) is 5.56 Å². The zero-order chi connectivity index (χ0) is 21.8. The van der Waals surface area contributed by atoms with Crippen LogP contribution in [0.4, 0.5) is 0 Å². The number of rotatable bonds is 7. The summed E-state index contributed by atoms with van der Waals surface area (Å²) in [6, 6.07) is 16.8. The third kappa shape index (κ3) is 5.10. The maximum absolute atomic E-state index is 13.0. The number of nitrogens with zero attached hydrogens (tertiary/aromatic N) is 3. The summed E-state index contributed by atoms with van der Waals surface area (Å²) < 4.78 is 39.9. The van der Waals surface area contributed by atoms with Crippen LogP contribution in [0.2, 0.25) is 0 Å². The van der Waals surface area contributed by atoms with Gasteiger partial charge in [0.1, 0.15) is 6.54 Å². The fourth-order valence-corrected chi connectivity index (χ4v) is 5.14. The molecular weight excluding hydrogens is 436 g/mol. The van der Waals surface area contributed by atoms with E-state index in [4.69, 9.17) is 21.4 Å². The van der Waals surface area contributed by atoms with Gasteiger partial charge in [-0.2, -0.15) is 8.99 Å². The molecule has 1 aliphatic rings. The average Bonchev–Trinajstić information content (AvgIpc) is 3.15. The van der Waals surface area contributed by atoms with Gasteiger partial charge in [0.25, 0.3) is 4.84 Å². The van der Waals surface area contributed by atoms with E-state index in [1.54, 1.807) is 28.9 Å². The lowest BCUT2D eigenvalue weighted by molar-refractivity contribution is -0.917. The van der Waals surface area contributed by atoms with Crippen molar-refractivity contribution in [2.45, 2.75) is 18.1 Å². The molecule has 1 fully saturated rings. The second-order valence-electron chi connectivity index (χ2n) is 7.49.